The minimum atomic E-state index is -0.596. The third-order valence-electron chi connectivity index (χ3n) is 8.49. The van der Waals surface area contributed by atoms with E-state index >= 15 is 0 Å². The van der Waals surface area contributed by atoms with E-state index in [0.717, 1.165) is 0 Å². The Morgan fingerprint density at radius 2 is 0.711 bits per heavy atom. The van der Waals surface area contributed by atoms with E-state index in [1.54, 1.807) is 21.2 Å². The van der Waals surface area contributed by atoms with Crippen molar-refractivity contribution < 1.29 is 0 Å². The SMILES string of the molecule is CCCC(P(c1cccc(C)c1C)c1cccc(C)c1C)P(c1cccc(C)c1C)c1cccc(C)c1C. The van der Waals surface area contributed by atoms with Gasteiger partial charge in [-0.25, -0.2) is 0 Å². The second kappa shape index (κ2) is 12.3. The second-order valence-electron chi connectivity index (χ2n) is 10.9. The molecule has 4 rings (SSSR count). The van der Waals surface area contributed by atoms with Gasteiger partial charge in [-0.1, -0.05) is 86.1 Å². The van der Waals surface area contributed by atoms with Crippen molar-refractivity contribution in [1.82, 2.24) is 0 Å². The molecule has 2 heteroatoms. The van der Waals surface area contributed by atoms with Crippen molar-refractivity contribution in [2.75, 3.05) is 0 Å². The molecule has 0 aliphatic rings. The van der Waals surface area contributed by atoms with Crippen molar-refractivity contribution in [3.05, 3.63) is 117 Å². The summed E-state index contributed by atoms with van der Waals surface area (Å²) in [6, 6.07) is 28.1. The van der Waals surface area contributed by atoms with Gasteiger partial charge in [0.25, 0.3) is 0 Å². The summed E-state index contributed by atoms with van der Waals surface area (Å²) in [5.41, 5.74) is 11.5. The van der Waals surface area contributed by atoms with Gasteiger partial charge in [-0.3, -0.25) is 0 Å². The fourth-order valence-corrected chi connectivity index (χ4v) is 13.9. The molecule has 0 saturated heterocycles. The first-order valence-corrected chi connectivity index (χ1v) is 16.8. The molecule has 0 N–H and O–H groups in total. The highest BCUT2D eigenvalue weighted by molar-refractivity contribution is 7.89. The fourth-order valence-electron chi connectivity index (χ4n) is 5.52. The van der Waals surface area contributed by atoms with Gasteiger partial charge in [0.15, 0.2) is 0 Å². The highest BCUT2D eigenvalue weighted by Gasteiger charge is 2.36. The minimum absolute atomic E-state index is 0.548. The topological polar surface area (TPSA) is 0 Å². The van der Waals surface area contributed by atoms with E-state index in [0.29, 0.717) is 5.40 Å². The van der Waals surface area contributed by atoms with Gasteiger partial charge < -0.3 is 0 Å². The van der Waals surface area contributed by atoms with Crippen LogP contribution in [0.1, 0.15) is 64.3 Å². The van der Waals surface area contributed by atoms with Gasteiger partial charge in [-0.05, 0) is 143 Å². The Morgan fingerprint density at radius 1 is 0.447 bits per heavy atom. The maximum absolute atomic E-state index is 2.44. The maximum Gasteiger partial charge on any atom is 0.0155 e. The van der Waals surface area contributed by atoms with Crippen molar-refractivity contribution in [1.29, 1.82) is 0 Å². The number of hydrogen-bond donors (Lipinski definition) is 0. The number of hydrogen-bond acceptors (Lipinski definition) is 0. The first kappa shape index (κ1) is 28.7. The van der Waals surface area contributed by atoms with Crippen molar-refractivity contribution in [3.63, 3.8) is 0 Å². The molecule has 0 bridgehead atoms. The van der Waals surface area contributed by atoms with Crippen LogP contribution >= 0.6 is 15.8 Å². The molecule has 0 aromatic heterocycles. The van der Waals surface area contributed by atoms with Crippen molar-refractivity contribution in [3.8, 4) is 0 Å². The third-order valence-corrected chi connectivity index (χ3v) is 15.6. The van der Waals surface area contributed by atoms with E-state index in [-0.39, 0.29) is 0 Å². The Morgan fingerprint density at radius 3 is 0.947 bits per heavy atom. The predicted octanol–water partition coefficient (Wildman–Crippen LogP) is 8.85. The Kier molecular flexibility index (Phi) is 9.29. The Balaban J connectivity index is 2.10. The van der Waals surface area contributed by atoms with Crippen LogP contribution in [0.25, 0.3) is 0 Å². The number of rotatable bonds is 8. The zero-order chi connectivity index (χ0) is 27.6. The summed E-state index contributed by atoms with van der Waals surface area (Å²) < 4.78 is 0. The molecular formula is C36H44P2. The molecule has 0 aliphatic carbocycles. The van der Waals surface area contributed by atoms with Gasteiger partial charge in [0.05, 0.1) is 0 Å². The molecule has 0 heterocycles. The average Bonchev–Trinajstić information content (AvgIpc) is 2.89. The molecule has 4 aromatic rings. The number of aryl methyl sites for hydroxylation is 4. The summed E-state index contributed by atoms with van der Waals surface area (Å²) in [5.74, 6) is 0. The van der Waals surface area contributed by atoms with E-state index in [1.165, 1.54) is 57.3 Å². The summed E-state index contributed by atoms with van der Waals surface area (Å²) in [6.45, 7) is 20.9. The zero-order valence-corrected chi connectivity index (χ0v) is 26.6. The van der Waals surface area contributed by atoms with E-state index in [9.17, 15) is 0 Å². The van der Waals surface area contributed by atoms with Crippen molar-refractivity contribution in [2.45, 2.75) is 80.6 Å². The summed E-state index contributed by atoms with van der Waals surface area (Å²) in [7, 11) is -1.19. The third kappa shape index (κ3) is 5.55. The summed E-state index contributed by atoms with van der Waals surface area (Å²) in [6.07, 6.45) is 2.41. The molecule has 0 fully saturated rings. The highest BCUT2D eigenvalue weighted by atomic mass is 31.2. The van der Waals surface area contributed by atoms with Crippen LogP contribution in [0.2, 0.25) is 0 Å². The van der Waals surface area contributed by atoms with Gasteiger partial charge in [-0.15, -0.1) is 0 Å². The molecular weight excluding hydrogens is 494 g/mol. The smallest absolute Gasteiger partial charge is 0.0155 e. The Labute approximate surface area is 234 Å². The maximum atomic E-state index is 2.44. The summed E-state index contributed by atoms with van der Waals surface area (Å²) in [5, 5.41) is 6.81. The lowest BCUT2D eigenvalue weighted by molar-refractivity contribution is 0.863. The van der Waals surface area contributed by atoms with Crippen molar-refractivity contribution in [2.24, 2.45) is 0 Å². The summed E-state index contributed by atoms with van der Waals surface area (Å²) >= 11 is 0. The van der Waals surface area contributed by atoms with Crippen LogP contribution < -0.4 is 21.2 Å². The zero-order valence-electron chi connectivity index (χ0n) is 24.8. The second-order valence-corrected chi connectivity index (χ2v) is 15.9. The Bertz CT molecular complexity index is 1220. The highest BCUT2D eigenvalue weighted by Crippen LogP contribution is 2.59. The minimum Gasteiger partial charge on any atom is -0.0653 e. The van der Waals surface area contributed by atoms with Gasteiger partial charge in [0, 0.05) is 5.40 Å². The van der Waals surface area contributed by atoms with Crippen molar-refractivity contribution >= 4 is 37.1 Å². The van der Waals surface area contributed by atoms with Gasteiger partial charge in [-0.2, -0.15) is 0 Å². The monoisotopic (exact) mass is 538 g/mol. The van der Waals surface area contributed by atoms with E-state index in [2.05, 4.69) is 135 Å². The molecule has 198 valence electrons. The van der Waals surface area contributed by atoms with Gasteiger partial charge in [0.1, 0.15) is 0 Å². The first-order valence-electron chi connectivity index (χ1n) is 14.0. The largest absolute Gasteiger partial charge is 0.0653 e. The fraction of sp³-hybridized carbons (Fsp3) is 0.333. The molecule has 0 atom stereocenters. The van der Waals surface area contributed by atoms with Crippen LogP contribution in [0.5, 0.6) is 0 Å². The van der Waals surface area contributed by atoms with Crippen LogP contribution in [-0.2, 0) is 0 Å². The molecule has 0 unspecified atom stereocenters. The summed E-state index contributed by atoms with van der Waals surface area (Å²) in [4.78, 5) is 0. The van der Waals surface area contributed by atoms with Crippen LogP contribution in [0.3, 0.4) is 0 Å². The van der Waals surface area contributed by atoms with E-state index < -0.39 is 15.8 Å². The first-order chi connectivity index (χ1) is 18.2. The molecule has 0 radical (unpaired) electrons. The van der Waals surface area contributed by atoms with E-state index in [1.807, 2.05) is 0 Å². The molecule has 0 saturated carbocycles. The molecule has 38 heavy (non-hydrogen) atoms. The van der Waals surface area contributed by atoms with Gasteiger partial charge >= 0.3 is 0 Å². The quantitative estimate of drug-likeness (QED) is 0.197. The normalized spacial score (nSPS) is 11.7. The van der Waals surface area contributed by atoms with Crippen LogP contribution in [-0.4, -0.2) is 5.40 Å². The number of benzene rings is 4. The molecule has 0 nitrogen and oxygen atoms in total. The van der Waals surface area contributed by atoms with Crippen LogP contribution in [0.15, 0.2) is 72.8 Å². The molecule has 0 spiro atoms. The molecule has 0 amide bonds. The average molecular weight is 539 g/mol. The predicted molar refractivity (Wildman–Crippen MR) is 175 cm³/mol. The lowest BCUT2D eigenvalue weighted by atomic mass is 10.1. The van der Waals surface area contributed by atoms with E-state index in [4.69, 9.17) is 0 Å². The molecule has 4 aromatic carbocycles. The Hall–Kier alpha value is -2.26. The van der Waals surface area contributed by atoms with Crippen LogP contribution in [0.4, 0.5) is 0 Å². The lowest BCUT2D eigenvalue weighted by Crippen LogP contribution is -2.31. The molecule has 0 aliphatic heterocycles. The van der Waals surface area contributed by atoms with Gasteiger partial charge in [0.2, 0.25) is 0 Å². The van der Waals surface area contributed by atoms with Crippen LogP contribution in [0, 0.1) is 55.4 Å². The lowest BCUT2D eigenvalue weighted by Gasteiger charge is -2.39. The standard InChI is InChI=1S/C36H44P2/c1-10-15-36(37(32-20-11-16-24(2)28(32)6)33-21-12-17-25(3)29(33)7)38(34-22-13-18-26(4)30(34)8)35-23-14-19-27(5)31(35)9/h11-14,16-23,36H,10,15H2,1-9H3.